The molecule has 2 aromatic heterocycles. The second-order valence-corrected chi connectivity index (χ2v) is 10.2. The number of ether oxygens (including phenoxy) is 2. The lowest BCUT2D eigenvalue weighted by molar-refractivity contribution is -0.118. The van der Waals surface area contributed by atoms with Gasteiger partial charge in [-0.15, -0.1) is 0 Å². The molecule has 36 heavy (non-hydrogen) atoms. The van der Waals surface area contributed by atoms with Gasteiger partial charge in [0, 0.05) is 37.7 Å². The monoisotopic (exact) mass is 497 g/mol. The van der Waals surface area contributed by atoms with E-state index in [1.165, 1.54) is 11.1 Å². The molecule has 0 aromatic carbocycles. The second kappa shape index (κ2) is 8.67. The molecule has 4 aliphatic rings. The van der Waals surface area contributed by atoms with Crippen LogP contribution < -0.4 is 15.0 Å². The molecule has 0 saturated carbocycles. The van der Waals surface area contributed by atoms with Gasteiger partial charge in [-0.05, 0) is 48.9 Å². The number of aromatic nitrogens is 2. The number of fused-ring (bicyclic) bond motifs is 2. The first kappa shape index (κ1) is 23.1. The molecule has 10 nitrogen and oxygen atoms in total. The Morgan fingerprint density at radius 2 is 2.11 bits per heavy atom. The van der Waals surface area contributed by atoms with Crippen LogP contribution in [0.25, 0.3) is 0 Å². The van der Waals surface area contributed by atoms with Gasteiger partial charge in [0.2, 0.25) is 0 Å². The van der Waals surface area contributed by atoms with Crippen LogP contribution in [0.1, 0.15) is 23.2 Å². The zero-order valence-electron chi connectivity index (χ0n) is 20.0. The van der Waals surface area contributed by atoms with Crippen LogP contribution in [0.5, 0.6) is 5.75 Å². The lowest BCUT2D eigenvalue weighted by Crippen LogP contribution is -2.56. The average molecular weight is 498 g/mol. The van der Waals surface area contributed by atoms with Crippen LogP contribution in [-0.2, 0) is 22.4 Å². The fraction of sp³-hybridized carbons (Fsp3) is 0.520. The molecule has 3 aliphatic heterocycles. The van der Waals surface area contributed by atoms with Crippen molar-refractivity contribution in [1.82, 2.24) is 14.9 Å². The number of carbonyl (C=O) groups is 2. The largest absolute Gasteiger partial charge is 0.480 e. The molecule has 6 rings (SSSR count). The van der Waals surface area contributed by atoms with Crippen molar-refractivity contribution in [3.05, 3.63) is 41.0 Å². The van der Waals surface area contributed by atoms with E-state index in [4.69, 9.17) is 9.47 Å². The Hall–Kier alpha value is -3.31. The molecular formula is C25H28FN5O5. The summed E-state index contributed by atoms with van der Waals surface area (Å²) in [5.74, 6) is 0.543. The smallest absolute Gasteiger partial charge is 0.416 e. The highest BCUT2D eigenvalue weighted by Crippen LogP contribution is 2.41. The number of likely N-dealkylation sites (tertiary alicyclic amines) is 1. The summed E-state index contributed by atoms with van der Waals surface area (Å²) >= 11 is 0. The van der Waals surface area contributed by atoms with E-state index in [0.29, 0.717) is 37.5 Å². The third-order valence-electron chi connectivity index (χ3n) is 7.93. The van der Waals surface area contributed by atoms with Crippen LogP contribution in [0.15, 0.2) is 18.3 Å². The van der Waals surface area contributed by atoms with E-state index in [1.807, 2.05) is 6.92 Å². The summed E-state index contributed by atoms with van der Waals surface area (Å²) < 4.78 is 25.5. The van der Waals surface area contributed by atoms with Crippen molar-refractivity contribution in [3.63, 3.8) is 0 Å². The summed E-state index contributed by atoms with van der Waals surface area (Å²) in [5.41, 5.74) is 1.86. The average Bonchev–Trinajstić information content (AvgIpc) is 3.44. The number of rotatable bonds is 4. The normalized spacial score (nSPS) is 27.5. The Labute approximate surface area is 207 Å². The number of piperidine rings is 1. The molecule has 1 spiro atoms. The van der Waals surface area contributed by atoms with Crippen LogP contribution in [-0.4, -0.2) is 77.0 Å². The van der Waals surface area contributed by atoms with E-state index in [-0.39, 0.29) is 49.1 Å². The third-order valence-corrected chi connectivity index (χ3v) is 7.93. The maximum atomic E-state index is 14.3. The minimum Gasteiger partial charge on any atom is -0.480 e. The summed E-state index contributed by atoms with van der Waals surface area (Å²) in [4.78, 5) is 36.9. The molecule has 3 atom stereocenters. The number of aryl methyl sites for hydroxylation is 1. The molecule has 0 radical (unpaired) electrons. The van der Waals surface area contributed by atoms with Crippen molar-refractivity contribution < 1.29 is 28.6 Å². The Morgan fingerprint density at radius 3 is 2.92 bits per heavy atom. The standard InChI is InChI=1S/C25H28FN5O5/c1-14-17-6-15(7-18(17)19(26)8-27-14)9-30-5-4-25(16(10-30)11-32)13-31(24(34)36-25)21-3-2-20-23(28-21)29-22(33)12-35-20/h2-3,8,15-16,32H,4-7,9-13H2,1H3,(H,28,29,33). The van der Waals surface area contributed by atoms with E-state index >= 15 is 0 Å². The van der Waals surface area contributed by atoms with Gasteiger partial charge in [0.05, 0.1) is 19.3 Å². The van der Waals surface area contributed by atoms with Crippen molar-refractivity contribution in [1.29, 1.82) is 0 Å². The number of hydrogen-bond acceptors (Lipinski definition) is 8. The number of nitrogens with one attached hydrogen (secondary N) is 1. The van der Waals surface area contributed by atoms with Gasteiger partial charge in [-0.25, -0.2) is 14.2 Å². The molecule has 2 aromatic rings. The van der Waals surface area contributed by atoms with Gasteiger partial charge in [-0.3, -0.25) is 14.7 Å². The van der Waals surface area contributed by atoms with Crippen LogP contribution in [0.4, 0.5) is 20.8 Å². The number of aliphatic hydroxyl groups excluding tert-OH is 1. The van der Waals surface area contributed by atoms with Crippen molar-refractivity contribution >= 4 is 23.6 Å². The fourth-order valence-electron chi connectivity index (χ4n) is 6.03. The number of nitrogens with zero attached hydrogens (tertiary/aromatic N) is 4. The highest BCUT2D eigenvalue weighted by molar-refractivity contribution is 5.95. The summed E-state index contributed by atoms with van der Waals surface area (Å²) in [5, 5.41) is 12.9. The number of hydrogen-bond donors (Lipinski definition) is 2. The summed E-state index contributed by atoms with van der Waals surface area (Å²) in [6.07, 6.45) is 2.83. The van der Waals surface area contributed by atoms with Gasteiger partial charge in [0.15, 0.2) is 18.2 Å². The minimum atomic E-state index is -0.828. The maximum absolute atomic E-state index is 14.3. The van der Waals surface area contributed by atoms with Gasteiger partial charge in [0.25, 0.3) is 5.91 Å². The van der Waals surface area contributed by atoms with E-state index in [9.17, 15) is 19.1 Å². The van der Waals surface area contributed by atoms with Crippen molar-refractivity contribution in [2.45, 2.75) is 31.8 Å². The maximum Gasteiger partial charge on any atom is 0.416 e. The Kier molecular flexibility index (Phi) is 5.56. The third kappa shape index (κ3) is 3.86. The van der Waals surface area contributed by atoms with Crippen LogP contribution >= 0.6 is 0 Å². The Morgan fingerprint density at radius 1 is 1.28 bits per heavy atom. The molecule has 2 N–H and O–H groups in total. The molecule has 1 aliphatic carbocycles. The summed E-state index contributed by atoms with van der Waals surface area (Å²) in [6, 6.07) is 3.33. The Balaban J connectivity index is 1.14. The number of halogens is 1. The second-order valence-electron chi connectivity index (χ2n) is 10.2. The fourth-order valence-corrected chi connectivity index (χ4v) is 6.03. The van der Waals surface area contributed by atoms with E-state index in [2.05, 4.69) is 20.2 Å². The first-order chi connectivity index (χ1) is 17.3. The van der Waals surface area contributed by atoms with Gasteiger partial charge >= 0.3 is 6.09 Å². The zero-order valence-corrected chi connectivity index (χ0v) is 20.0. The molecule has 2 saturated heterocycles. The topological polar surface area (TPSA) is 117 Å². The predicted octanol–water partition coefficient (Wildman–Crippen LogP) is 1.68. The van der Waals surface area contributed by atoms with Gasteiger partial charge in [-0.1, -0.05) is 0 Å². The molecule has 2 fully saturated rings. The van der Waals surface area contributed by atoms with Gasteiger partial charge in [0.1, 0.15) is 17.2 Å². The van der Waals surface area contributed by atoms with Crippen molar-refractivity contribution in [2.24, 2.45) is 11.8 Å². The first-order valence-corrected chi connectivity index (χ1v) is 12.3. The van der Waals surface area contributed by atoms with Crippen molar-refractivity contribution in [2.75, 3.05) is 49.6 Å². The van der Waals surface area contributed by atoms with Crippen LogP contribution in [0.2, 0.25) is 0 Å². The Bertz CT molecular complexity index is 1210. The predicted molar refractivity (Wildman–Crippen MR) is 126 cm³/mol. The van der Waals surface area contributed by atoms with Gasteiger partial charge in [-0.2, -0.15) is 0 Å². The van der Waals surface area contributed by atoms with Crippen LogP contribution in [0, 0.1) is 24.6 Å². The number of aliphatic hydroxyl groups is 1. The molecule has 3 unspecified atom stereocenters. The summed E-state index contributed by atoms with van der Waals surface area (Å²) in [7, 11) is 0. The van der Waals surface area contributed by atoms with E-state index in [1.54, 1.807) is 12.1 Å². The number of amides is 2. The molecule has 5 heterocycles. The highest BCUT2D eigenvalue weighted by atomic mass is 19.1. The zero-order chi connectivity index (χ0) is 25.0. The van der Waals surface area contributed by atoms with Crippen LogP contribution in [0.3, 0.4) is 0 Å². The first-order valence-electron chi connectivity index (χ1n) is 12.3. The molecule has 190 valence electrons. The quantitative estimate of drug-likeness (QED) is 0.656. The van der Waals surface area contributed by atoms with Gasteiger partial charge < -0.3 is 24.8 Å². The van der Waals surface area contributed by atoms with E-state index < -0.39 is 11.7 Å². The molecular weight excluding hydrogens is 469 g/mol. The minimum absolute atomic E-state index is 0.0735. The van der Waals surface area contributed by atoms with E-state index in [0.717, 1.165) is 29.8 Å². The molecule has 2 amide bonds. The molecule has 0 bridgehead atoms. The number of anilines is 2. The van der Waals surface area contributed by atoms with Crippen molar-refractivity contribution in [3.8, 4) is 5.75 Å². The number of carbonyl (C=O) groups excluding carboxylic acids is 2. The summed E-state index contributed by atoms with van der Waals surface area (Å²) in [6.45, 7) is 4.04. The number of pyridine rings is 2. The SMILES string of the molecule is Cc1ncc(F)c2c1CC(CN1CCC3(CN(c4ccc5c(n4)NC(=O)CO5)C(=O)O3)C(CO)C1)C2. The lowest BCUT2D eigenvalue weighted by Gasteiger charge is -2.43. The highest BCUT2D eigenvalue weighted by Gasteiger charge is 2.53. The lowest BCUT2D eigenvalue weighted by atomic mass is 9.80. The molecule has 11 heteroatoms.